The highest BCUT2D eigenvalue weighted by molar-refractivity contribution is 7.99. The Morgan fingerprint density at radius 1 is 1.30 bits per heavy atom. The maximum Gasteiger partial charge on any atom is 0.260 e. The number of hydrogen-bond acceptors (Lipinski definition) is 5. The van der Waals surface area contributed by atoms with Crippen LogP contribution in [-0.4, -0.2) is 48.8 Å². The average Bonchev–Trinajstić information content (AvgIpc) is 3.18. The van der Waals surface area contributed by atoms with Crippen LogP contribution in [-0.2, 0) is 4.79 Å². The van der Waals surface area contributed by atoms with E-state index < -0.39 is 6.04 Å². The molecular formula is C16H18N2O4S. The zero-order chi connectivity index (χ0) is 16.1. The quantitative estimate of drug-likeness (QED) is 0.905. The lowest BCUT2D eigenvalue weighted by Gasteiger charge is -2.22. The van der Waals surface area contributed by atoms with E-state index in [1.807, 2.05) is 12.1 Å². The van der Waals surface area contributed by atoms with Crippen molar-refractivity contribution in [1.29, 1.82) is 0 Å². The first-order valence-electron chi connectivity index (χ1n) is 7.65. The van der Waals surface area contributed by atoms with Gasteiger partial charge in [0.15, 0.2) is 11.5 Å². The van der Waals surface area contributed by atoms with Gasteiger partial charge in [-0.3, -0.25) is 9.59 Å². The summed E-state index contributed by atoms with van der Waals surface area (Å²) in [6.07, 6.45) is 2.07. The van der Waals surface area contributed by atoms with Gasteiger partial charge in [-0.1, -0.05) is 6.07 Å². The highest BCUT2D eigenvalue weighted by Crippen LogP contribution is 2.52. The van der Waals surface area contributed by atoms with Crippen molar-refractivity contribution in [3.8, 4) is 11.5 Å². The number of benzene rings is 1. The Morgan fingerprint density at radius 3 is 2.74 bits per heavy atom. The van der Waals surface area contributed by atoms with Gasteiger partial charge in [0.2, 0.25) is 5.91 Å². The number of ether oxygens (including phenoxy) is 2. The molecule has 1 aliphatic carbocycles. The summed E-state index contributed by atoms with van der Waals surface area (Å²) in [7, 11) is 3.07. The molecule has 122 valence electrons. The van der Waals surface area contributed by atoms with E-state index in [2.05, 4.69) is 5.32 Å². The third-order valence-corrected chi connectivity index (χ3v) is 5.82. The second-order valence-electron chi connectivity index (χ2n) is 5.96. The minimum Gasteiger partial charge on any atom is -0.493 e. The van der Waals surface area contributed by atoms with Gasteiger partial charge in [-0.25, -0.2) is 0 Å². The van der Waals surface area contributed by atoms with Gasteiger partial charge in [-0.05, 0) is 18.9 Å². The highest BCUT2D eigenvalue weighted by atomic mass is 32.2. The molecule has 1 aromatic rings. The number of rotatable bonds is 4. The number of hydrogen-bond donors (Lipinski definition) is 1. The minimum absolute atomic E-state index is 0.0467. The molecule has 0 spiro atoms. The fourth-order valence-electron chi connectivity index (χ4n) is 3.22. The van der Waals surface area contributed by atoms with E-state index in [-0.39, 0.29) is 17.2 Å². The van der Waals surface area contributed by atoms with Crippen molar-refractivity contribution >= 4 is 23.6 Å². The number of methoxy groups -OCH3 is 2. The predicted octanol–water partition coefficient (Wildman–Crippen LogP) is 1.55. The highest BCUT2D eigenvalue weighted by Gasteiger charge is 2.50. The summed E-state index contributed by atoms with van der Waals surface area (Å²) in [5, 5.41) is 2.89. The molecule has 6 nitrogen and oxygen atoms in total. The predicted molar refractivity (Wildman–Crippen MR) is 85.9 cm³/mol. The second kappa shape index (κ2) is 5.33. The normalized spacial score (nSPS) is 25.1. The van der Waals surface area contributed by atoms with E-state index in [1.54, 1.807) is 23.8 Å². The van der Waals surface area contributed by atoms with Crippen LogP contribution in [0.15, 0.2) is 12.1 Å². The molecule has 1 N–H and O–H groups in total. The molecule has 2 fully saturated rings. The Hall–Kier alpha value is -1.89. The zero-order valence-corrected chi connectivity index (χ0v) is 13.8. The summed E-state index contributed by atoms with van der Waals surface area (Å²) in [5.41, 5.74) is 1.42. The van der Waals surface area contributed by atoms with Crippen molar-refractivity contribution in [1.82, 2.24) is 10.2 Å². The van der Waals surface area contributed by atoms with E-state index in [0.717, 1.165) is 18.4 Å². The Bertz CT molecular complexity index is 689. The largest absolute Gasteiger partial charge is 0.493 e. The van der Waals surface area contributed by atoms with Gasteiger partial charge in [0.1, 0.15) is 11.4 Å². The molecule has 0 radical (unpaired) electrons. The number of fused-ring (bicyclic) bond motifs is 3. The van der Waals surface area contributed by atoms with Crippen molar-refractivity contribution in [3.05, 3.63) is 23.3 Å². The molecular weight excluding hydrogens is 316 g/mol. The van der Waals surface area contributed by atoms with Gasteiger partial charge < -0.3 is 19.7 Å². The molecule has 2 heterocycles. The van der Waals surface area contributed by atoms with Gasteiger partial charge in [0.05, 0.1) is 19.8 Å². The molecule has 2 atom stereocenters. The molecule has 7 heteroatoms. The standard InChI is InChI=1S/C16H18N2O4S/c1-21-11-6-5-9-12(13(11)22-2)15(20)18-10(7-23-16(9)18)14(19)17-8-3-4-8/h5-6,8,10,16H,3-4,7H2,1-2H3,(H,17,19)/t10-,16?/m0/s1. The first kappa shape index (κ1) is 14.7. The van der Waals surface area contributed by atoms with Crippen molar-refractivity contribution in [2.45, 2.75) is 30.3 Å². The first-order chi connectivity index (χ1) is 11.2. The van der Waals surface area contributed by atoms with E-state index in [4.69, 9.17) is 9.47 Å². The lowest BCUT2D eigenvalue weighted by molar-refractivity contribution is -0.124. The molecule has 0 aromatic heterocycles. The monoisotopic (exact) mass is 334 g/mol. The zero-order valence-electron chi connectivity index (χ0n) is 13.0. The maximum absolute atomic E-state index is 12.9. The van der Waals surface area contributed by atoms with Gasteiger partial charge in [0.25, 0.3) is 5.91 Å². The number of thioether (sulfide) groups is 1. The molecule has 1 unspecified atom stereocenters. The minimum atomic E-state index is -0.416. The second-order valence-corrected chi connectivity index (χ2v) is 7.08. The molecule has 1 saturated heterocycles. The van der Waals surface area contributed by atoms with Gasteiger partial charge in [-0.2, -0.15) is 0 Å². The van der Waals surface area contributed by atoms with Gasteiger partial charge >= 0.3 is 0 Å². The van der Waals surface area contributed by atoms with Crippen LogP contribution in [0.25, 0.3) is 0 Å². The molecule has 1 aromatic carbocycles. The summed E-state index contributed by atoms with van der Waals surface area (Å²) in [5.74, 6) is 1.41. The first-order valence-corrected chi connectivity index (χ1v) is 8.70. The summed E-state index contributed by atoms with van der Waals surface area (Å²) >= 11 is 1.62. The van der Waals surface area contributed by atoms with E-state index in [1.165, 1.54) is 7.11 Å². The smallest absolute Gasteiger partial charge is 0.260 e. The number of nitrogens with zero attached hydrogens (tertiary/aromatic N) is 1. The van der Waals surface area contributed by atoms with Crippen LogP contribution in [0.5, 0.6) is 11.5 Å². The SMILES string of the molecule is COc1ccc2c(c1OC)C(=O)N1C2SC[C@H]1C(=O)NC1CC1. The summed E-state index contributed by atoms with van der Waals surface area (Å²) in [6.45, 7) is 0. The van der Waals surface area contributed by atoms with Crippen LogP contribution in [0.1, 0.15) is 34.1 Å². The average molecular weight is 334 g/mol. The molecule has 1 saturated carbocycles. The summed E-state index contributed by atoms with van der Waals surface area (Å²) < 4.78 is 10.7. The topological polar surface area (TPSA) is 67.9 Å². The van der Waals surface area contributed by atoms with E-state index in [9.17, 15) is 9.59 Å². The van der Waals surface area contributed by atoms with Crippen molar-refractivity contribution < 1.29 is 19.1 Å². The van der Waals surface area contributed by atoms with Crippen molar-refractivity contribution in [2.75, 3.05) is 20.0 Å². The van der Waals surface area contributed by atoms with E-state index >= 15 is 0 Å². The molecule has 4 rings (SSSR count). The number of amides is 2. The Kier molecular flexibility index (Phi) is 3.41. The van der Waals surface area contributed by atoms with Crippen LogP contribution in [0.3, 0.4) is 0 Å². The third-order valence-electron chi connectivity index (χ3n) is 4.52. The summed E-state index contributed by atoms with van der Waals surface area (Å²) in [6, 6.07) is 3.59. The molecule has 0 bridgehead atoms. The van der Waals surface area contributed by atoms with Crippen molar-refractivity contribution in [3.63, 3.8) is 0 Å². The Balaban J connectivity index is 1.69. The van der Waals surface area contributed by atoms with Crippen molar-refractivity contribution in [2.24, 2.45) is 0 Å². The van der Waals surface area contributed by atoms with Crippen LogP contribution in [0, 0.1) is 0 Å². The molecule has 23 heavy (non-hydrogen) atoms. The van der Waals surface area contributed by atoms with Crippen LogP contribution >= 0.6 is 11.8 Å². The Labute approximate surface area is 138 Å². The van der Waals surface area contributed by atoms with Crippen LogP contribution < -0.4 is 14.8 Å². The van der Waals surface area contributed by atoms with Gasteiger partial charge in [-0.15, -0.1) is 11.8 Å². The summed E-state index contributed by atoms with van der Waals surface area (Å²) in [4.78, 5) is 27.1. The van der Waals surface area contributed by atoms with E-state index in [0.29, 0.717) is 28.9 Å². The number of nitrogens with one attached hydrogen (secondary N) is 1. The fraction of sp³-hybridized carbons (Fsp3) is 0.500. The third kappa shape index (κ3) is 2.17. The number of carbonyl (C=O) groups excluding carboxylic acids is 2. The molecule has 2 amide bonds. The van der Waals surface area contributed by atoms with Crippen LogP contribution in [0.4, 0.5) is 0 Å². The molecule has 2 aliphatic heterocycles. The fourth-order valence-corrected chi connectivity index (χ4v) is 4.67. The lowest BCUT2D eigenvalue weighted by atomic mass is 10.1. The van der Waals surface area contributed by atoms with Gasteiger partial charge in [0, 0.05) is 17.4 Å². The maximum atomic E-state index is 12.9. The lowest BCUT2D eigenvalue weighted by Crippen LogP contribution is -2.46. The number of carbonyl (C=O) groups is 2. The Morgan fingerprint density at radius 2 is 2.09 bits per heavy atom. The van der Waals surface area contributed by atoms with Crippen LogP contribution in [0.2, 0.25) is 0 Å². The molecule has 3 aliphatic rings.